The van der Waals surface area contributed by atoms with Gasteiger partial charge in [0, 0.05) is 25.0 Å². The van der Waals surface area contributed by atoms with Gasteiger partial charge in [-0.1, -0.05) is 20.8 Å². The number of carbonyl (C=O) groups is 1. The average molecular weight is 437 g/mol. The molecule has 2 aliphatic carbocycles. The Bertz CT molecular complexity index is 994. The van der Waals surface area contributed by atoms with E-state index in [4.69, 9.17) is 14.8 Å². The monoisotopic (exact) mass is 436 g/mol. The van der Waals surface area contributed by atoms with E-state index >= 15 is 0 Å². The number of hydrogen-bond donors (Lipinski definition) is 1. The van der Waals surface area contributed by atoms with Gasteiger partial charge in [0.15, 0.2) is 0 Å². The second-order valence-corrected chi connectivity index (χ2v) is 11.3. The van der Waals surface area contributed by atoms with Crippen LogP contribution in [0.4, 0.5) is 0 Å². The van der Waals surface area contributed by atoms with Gasteiger partial charge in [-0.25, -0.2) is 0 Å². The molecule has 0 spiro atoms. The summed E-state index contributed by atoms with van der Waals surface area (Å²) in [5.74, 6) is 1.47. The highest BCUT2D eigenvalue weighted by molar-refractivity contribution is 5.85. The highest BCUT2D eigenvalue weighted by Gasteiger charge is 2.33. The van der Waals surface area contributed by atoms with Crippen LogP contribution in [-0.2, 0) is 11.3 Å². The van der Waals surface area contributed by atoms with Crippen LogP contribution in [0.2, 0.25) is 0 Å². The Hall–Kier alpha value is -2.14. The molecular weight excluding hydrogens is 400 g/mol. The fourth-order valence-corrected chi connectivity index (χ4v) is 5.50. The lowest BCUT2D eigenvalue weighted by Crippen LogP contribution is -2.49. The topological polar surface area (TPSA) is 62.7 Å². The molecular formula is C27H36N2O3. The zero-order valence-corrected chi connectivity index (χ0v) is 19.6. The van der Waals surface area contributed by atoms with Crippen LogP contribution in [0.25, 0.3) is 10.9 Å². The number of carboxylic acids is 1. The standard InChI is InChI=1S/C27H36N2O3/c1-27(2,3)19-6-8-21(9-7-19)32-22-10-11-25-24(13-22)23(17-4-5-17)12-20(28-25)16-29-14-18(15-29)26(30)31/h10-13,17-19,21H,4-9,14-16H2,1-3H3,(H,30,31). The molecule has 0 atom stereocenters. The molecule has 0 amide bonds. The third-order valence-corrected chi connectivity index (χ3v) is 7.78. The number of rotatable bonds is 6. The Morgan fingerprint density at radius 1 is 1.09 bits per heavy atom. The lowest BCUT2D eigenvalue weighted by molar-refractivity contribution is -0.147. The fourth-order valence-electron chi connectivity index (χ4n) is 5.50. The Kier molecular flexibility index (Phi) is 5.65. The van der Waals surface area contributed by atoms with Gasteiger partial charge in [-0.2, -0.15) is 0 Å². The summed E-state index contributed by atoms with van der Waals surface area (Å²) in [6, 6.07) is 8.65. The van der Waals surface area contributed by atoms with E-state index in [-0.39, 0.29) is 5.92 Å². The van der Waals surface area contributed by atoms with Crippen LogP contribution in [0.5, 0.6) is 5.75 Å². The first-order valence-corrected chi connectivity index (χ1v) is 12.3. The SMILES string of the molecule is CC(C)(C)C1CCC(Oc2ccc3nc(CN4CC(C(=O)O)C4)cc(C4CC4)c3c2)CC1. The zero-order valence-electron chi connectivity index (χ0n) is 19.6. The second kappa shape index (κ2) is 8.33. The molecule has 172 valence electrons. The molecule has 1 N–H and O–H groups in total. The minimum atomic E-state index is -0.689. The molecule has 2 heterocycles. The summed E-state index contributed by atoms with van der Waals surface area (Å²) in [5, 5.41) is 10.3. The van der Waals surface area contributed by atoms with Crippen molar-refractivity contribution in [2.75, 3.05) is 13.1 Å². The van der Waals surface area contributed by atoms with E-state index in [0.29, 0.717) is 30.5 Å². The van der Waals surface area contributed by atoms with Crippen molar-refractivity contribution < 1.29 is 14.6 Å². The van der Waals surface area contributed by atoms with Crippen LogP contribution >= 0.6 is 0 Å². The van der Waals surface area contributed by atoms with Gasteiger partial charge < -0.3 is 9.84 Å². The third kappa shape index (κ3) is 4.63. The van der Waals surface area contributed by atoms with Crippen molar-refractivity contribution in [1.82, 2.24) is 9.88 Å². The maximum absolute atomic E-state index is 11.1. The Morgan fingerprint density at radius 3 is 2.44 bits per heavy atom. The van der Waals surface area contributed by atoms with Gasteiger partial charge in [-0.15, -0.1) is 0 Å². The van der Waals surface area contributed by atoms with Gasteiger partial charge in [0.2, 0.25) is 0 Å². The average Bonchev–Trinajstić information content (AvgIpc) is 3.54. The van der Waals surface area contributed by atoms with Crippen LogP contribution in [-0.4, -0.2) is 40.2 Å². The number of carboxylic acid groups (broad SMARTS) is 1. The molecule has 1 aromatic carbocycles. The van der Waals surface area contributed by atoms with Crippen molar-refractivity contribution in [3.63, 3.8) is 0 Å². The molecule has 5 rings (SSSR count). The summed E-state index contributed by atoms with van der Waals surface area (Å²) >= 11 is 0. The van der Waals surface area contributed by atoms with Gasteiger partial charge in [0.25, 0.3) is 0 Å². The third-order valence-electron chi connectivity index (χ3n) is 7.78. The van der Waals surface area contributed by atoms with Crippen LogP contribution in [0.15, 0.2) is 24.3 Å². The van der Waals surface area contributed by atoms with Gasteiger partial charge in [0.05, 0.1) is 23.2 Å². The summed E-state index contributed by atoms with van der Waals surface area (Å²) < 4.78 is 6.44. The maximum Gasteiger partial charge on any atom is 0.309 e. The number of fused-ring (bicyclic) bond motifs is 1. The quantitative estimate of drug-likeness (QED) is 0.637. The Morgan fingerprint density at radius 2 is 1.81 bits per heavy atom. The lowest BCUT2D eigenvalue weighted by atomic mass is 9.72. The zero-order chi connectivity index (χ0) is 22.5. The van der Waals surface area contributed by atoms with Gasteiger partial charge >= 0.3 is 5.97 Å². The molecule has 0 radical (unpaired) electrons. The van der Waals surface area contributed by atoms with Crippen LogP contribution < -0.4 is 4.74 Å². The molecule has 3 fully saturated rings. The summed E-state index contributed by atoms with van der Waals surface area (Å²) in [6.45, 7) is 9.05. The molecule has 0 bridgehead atoms. The molecule has 2 aromatic rings. The van der Waals surface area contributed by atoms with Crippen molar-refractivity contribution in [2.45, 2.75) is 77.9 Å². The molecule has 0 unspecified atom stereocenters. The summed E-state index contributed by atoms with van der Waals surface area (Å²) in [6.07, 6.45) is 7.57. The summed E-state index contributed by atoms with van der Waals surface area (Å²) in [4.78, 5) is 18.2. The van der Waals surface area contributed by atoms with Crippen LogP contribution in [0, 0.1) is 17.3 Å². The minimum absolute atomic E-state index is 0.225. The molecule has 3 aliphatic rings. The van der Waals surface area contributed by atoms with Gasteiger partial charge in [0.1, 0.15) is 5.75 Å². The van der Waals surface area contributed by atoms with Crippen LogP contribution in [0.1, 0.15) is 76.5 Å². The van der Waals surface area contributed by atoms with Crippen molar-refractivity contribution >= 4 is 16.9 Å². The van der Waals surface area contributed by atoms with Crippen molar-refractivity contribution in [3.8, 4) is 5.75 Å². The summed E-state index contributed by atoms with van der Waals surface area (Å²) in [7, 11) is 0. The summed E-state index contributed by atoms with van der Waals surface area (Å²) in [5.41, 5.74) is 3.87. The first-order chi connectivity index (χ1) is 15.3. The van der Waals surface area contributed by atoms with E-state index in [1.807, 2.05) is 0 Å². The molecule has 1 aliphatic heterocycles. The van der Waals surface area contributed by atoms with E-state index in [2.05, 4.69) is 49.9 Å². The van der Waals surface area contributed by atoms with Crippen molar-refractivity contribution in [1.29, 1.82) is 0 Å². The molecule has 5 heteroatoms. The van der Waals surface area contributed by atoms with E-state index in [1.54, 1.807) is 0 Å². The van der Waals surface area contributed by atoms with E-state index in [1.165, 1.54) is 36.6 Å². The van der Waals surface area contributed by atoms with Crippen molar-refractivity contribution in [2.24, 2.45) is 17.3 Å². The highest BCUT2D eigenvalue weighted by atomic mass is 16.5. The normalized spacial score (nSPS) is 25.0. The van der Waals surface area contributed by atoms with E-state index in [9.17, 15) is 4.79 Å². The maximum atomic E-state index is 11.1. The second-order valence-electron chi connectivity index (χ2n) is 11.3. The number of ether oxygens (including phenoxy) is 1. The molecule has 32 heavy (non-hydrogen) atoms. The number of nitrogens with zero attached hydrogens (tertiary/aromatic N) is 2. The fraction of sp³-hybridized carbons (Fsp3) is 0.630. The van der Waals surface area contributed by atoms with E-state index < -0.39 is 5.97 Å². The van der Waals surface area contributed by atoms with E-state index in [0.717, 1.165) is 42.3 Å². The largest absolute Gasteiger partial charge is 0.490 e. The Balaban J connectivity index is 1.30. The first-order valence-electron chi connectivity index (χ1n) is 12.3. The number of aliphatic carboxylic acids is 1. The molecule has 1 aromatic heterocycles. The Labute approximate surface area is 191 Å². The predicted octanol–water partition coefficient (Wildman–Crippen LogP) is 5.61. The molecule has 2 saturated carbocycles. The lowest BCUT2D eigenvalue weighted by Gasteiger charge is -2.37. The number of benzene rings is 1. The molecule has 5 nitrogen and oxygen atoms in total. The highest BCUT2D eigenvalue weighted by Crippen LogP contribution is 2.44. The first kappa shape index (κ1) is 21.7. The predicted molar refractivity (Wildman–Crippen MR) is 126 cm³/mol. The smallest absolute Gasteiger partial charge is 0.309 e. The minimum Gasteiger partial charge on any atom is -0.490 e. The van der Waals surface area contributed by atoms with Gasteiger partial charge in [-0.3, -0.25) is 14.7 Å². The number of aromatic nitrogens is 1. The number of hydrogen-bond acceptors (Lipinski definition) is 4. The number of pyridine rings is 1. The van der Waals surface area contributed by atoms with Crippen LogP contribution in [0.3, 0.4) is 0 Å². The van der Waals surface area contributed by atoms with Gasteiger partial charge in [-0.05, 0) is 85.6 Å². The molecule has 1 saturated heterocycles. The van der Waals surface area contributed by atoms with Crippen molar-refractivity contribution in [3.05, 3.63) is 35.5 Å². The number of likely N-dealkylation sites (tertiary alicyclic amines) is 1.